The van der Waals surface area contributed by atoms with Crippen LogP contribution in [0.1, 0.15) is 11.1 Å². The van der Waals surface area contributed by atoms with Crippen molar-refractivity contribution in [3.05, 3.63) is 59.7 Å². The number of aryl methyl sites for hydroxylation is 2. The number of hydrogen-bond acceptors (Lipinski definition) is 3. The molecule has 0 bridgehead atoms. The summed E-state index contributed by atoms with van der Waals surface area (Å²) in [6.07, 6.45) is -0.777. The molecule has 2 aromatic rings. The number of hydrogen-bond donors (Lipinski definition) is 3. The number of urea groups is 1. The second kappa shape index (κ2) is 8.19. The summed E-state index contributed by atoms with van der Waals surface area (Å²) in [5.74, 6) is 0.686. The molecule has 0 aliphatic heterocycles. The van der Waals surface area contributed by atoms with Gasteiger partial charge in [0.2, 0.25) is 0 Å². The molecule has 5 heteroatoms. The Balaban J connectivity index is 1.72. The van der Waals surface area contributed by atoms with Gasteiger partial charge in [0.05, 0.1) is 0 Å². The van der Waals surface area contributed by atoms with Gasteiger partial charge in [0.15, 0.2) is 0 Å². The lowest BCUT2D eigenvalue weighted by Crippen LogP contribution is -2.37. The third-order valence-corrected chi connectivity index (χ3v) is 3.45. The highest BCUT2D eigenvalue weighted by Gasteiger charge is 2.08. The van der Waals surface area contributed by atoms with Crippen LogP contribution in [-0.4, -0.2) is 30.4 Å². The highest BCUT2D eigenvalue weighted by molar-refractivity contribution is 5.89. The van der Waals surface area contributed by atoms with Gasteiger partial charge < -0.3 is 20.5 Å². The first-order valence-corrected chi connectivity index (χ1v) is 7.52. The Morgan fingerprint density at radius 2 is 1.87 bits per heavy atom. The average molecular weight is 314 g/mol. The Kier molecular flexibility index (Phi) is 6.00. The Bertz CT molecular complexity index is 644. The fourth-order valence-corrected chi connectivity index (χ4v) is 1.97. The Morgan fingerprint density at radius 3 is 2.57 bits per heavy atom. The molecule has 5 nitrogen and oxygen atoms in total. The fourth-order valence-electron chi connectivity index (χ4n) is 1.97. The minimum absolute atomic E-state index is 0.115. The zero-order chi connectivity index (χ0) is 16.7. The molecule has 2 aromatic carbocycles. The first-order chi connectivity index (χ1) is 11.0. The third-order valence-electron chi connectivity index (χ3n) is 3.45. The molecular weight excluding hydrogens is 292 g/mol. The second-order valence-corrected chi connectivity index (χ2v) is 5.41. The standard InChI is InChI=1S/C18H22N2O3/c1-13-8-9-15(10-14(13)2)20-18(22)19-11-16(21)12-23-17-6-4-3-5-7-17/h3-10,16,21H,11-12H2,1-2H3,(H2,19,20,22)/t16-/m1/s1. The van der Waals surface area contributed by atoms with Crippen LogP contribution in [0.3, 0.4) is 0 Å². The summed E-state index contributed by atoms with van der Waals surface area (Å²) >= 11 is 0. The van der Waals surface area contributed by atoms with Crippen LogP contribution in [0.2, 0.25) is 0 Å². The van der Waals surface area contributed by atoms with Crippen LogP contribution in [0, 0.1) is 13.8 Å². The van der Waals surface area contributed by atoms with Crippen LogP contribution >= 0.6 is 0 Å². The predicted molar refractivity (Wildman–Crippen MR) is 90.9 cm³/mol. The van der Waals surface area contributed by atoms with Crippen molar-refractivity contribution >= 4 is 11.7 Å². The number of aliphatic hydroxyl groups is 1. The number of para-hydroxylation sites is 1. The summed E-state index contributed by atoms with van der Waals surface area (Å²) in [5, 5.41) is 15.2. The molecule has 0 saturated carbocycles. The molecule has 2 amide bonds. The number of amides is 2. The van der Waals surface area contributed by atoms with Gasteiger partial charge in [-0.2, -0.15) is 0 Å². The molecule has 0 aromatic heterocycles. The van der Waals surface area contributed by atoms with Crippen molar-refractivity contribution in [1.29, 1.82) is 0 Å². The lowest BCUT2D eigenvalue weighted by molar-refractivity contribution is 0.108. The van der Waals surface area contributed by atoms with Crippen molar-refractivity contribution in [2.24, 2.45) is 0 Å². The fraction of sp³-hybridized carbons (Fsp3) is 0.278. The van der Waals surface area contributed by atoms with Gasteiger partial charge in [0.1, 0.15) is 18.5 Å². The molecule has 0 radical (unpaired) electrons. The highest BCUT2D eigenvalue weighted by atomic mass is 16.5. The molecule has 0 aliphatic rings. The minimum Gasteiger partial charge on any atom is -0.491 e. The van der Waals surface area contributed by atoms with E-state index in [1.165, 1.54) is 5.56 Å². The molecule has 0 spiro atoms. The van der Waals surface area contributed by atoms with Gasteiger partial charge in [0.25, 0.3) is 0 Å². The zero-order valence-electron chi connectivity index (χ0n) is 13.4. The van der Waals surface area contributed by atoms with Crippen molar-refractivity contribution in [2.75, 3.05) is 18.5 Å². The molecule has 0 fully saturated rings. The maximum Gasteiger partial charge on any atom is 0.319 e. The van der Waals surface area contributed by atoms with E-state index in [0.29, 0.717) is 5.75 Å². The van der Waals surface area contributed by atoms with E-state index in [1.807, 2.05) is 62.4 Å². The molecule has 1 atom stereocenters. The van der Waals surface area contributed by atoms with Gasteiger partial charge in [-0.3, -0.25) is 0 Å². The molecule has 0 heterocycles. The minimum atomic E-state index is -0.777. The molecule has 3 N–H and O–H groups in total. The second-order valence-electron chi connectivity index (χ2n) is 5.41. The smallest absolute Gasteiger partial charge is 0.319 e. The average Bonchev–Trinajstić information content (AvgIpc) is 2.55. The highest BCUT2D eigenvalue weighted by Crippen LogP contribution is 2.13. The zero-order valence-corrected chi connectivity index (χ0v) is 13.4. The number of carbonyl (C=O) groups is 1. The summed E-state index contributed by atoms with van der Waals surface area (Å²) in [4.78, 5) is 11.8. The largest absolute Gasteiger partial charge is 0.491 e. The molecule has 0 saturated heterocycles. The molecule has 0 aliphatic carbocycles. The molecule has 0 unspecified atom stereocenters. The number of anilines is 1. The van der Waals surface area contributed by atoms with E-state index in [2.05, 4.69) is 10.6 Å². The van der Waals surface area contributed by atoms with Crippen LogP contribution in [0.25, 0.3) is 0 Å². The maximum absolute atomic E-state index is 11.8. The van der Waals surface area contributed by atoms with E-state index in [0.717, 1.165) is 11.3 Å². The lowest BCUT2D eigenvalue weighted by Gasteiger charge is -2.14. The number of aliphatic hydroxyl groups excluding tert-OH is 1. The van der Waals surface area contributed by atoms with Gasteiger partial charge in [-0.05, 0) is 49.2 Å². The Morgan fingerprint density at radius 1 is 1.13 bits per heavy atom. The van der Waals surface area contributed by atoms with Gasteiger partial charge in [-0.1, -0.05) is 24.3 Å². The Labute approximate surface area is 136 Å². The monoisotopic (exact) mass is 314 g/mol. The SMILES string of the molecule is Cc1ccc(NC(=O)NC[C@@H](O)COc2ccccc2)cc1C. The van der Waals surface area contributed by atoms with Crippen LogP contribution in [0.5, 0.6) is 5.75 Å². The normalized spacial score (nSPS) is 11.6. The predicted octanol–water partition coefficient (Wildman–Crippen LogP) is 2.86. The van der Waals surface area contributed by atoms with Crippen molar-refractivity contribution in [1.82, 2.24) is 5.32 Å². The summed E-state index contributed by atoms with van der Waals surface area (Å²) in [7, 11) is 0. The van der Waals surface area contributed by atoms with E-state index >= 15 is 0 Å². The maximum atomic E-state index is 11.8. The first kappa shape index (κ1) is 16.8. The van der Waals surface area contributed by atoms with E-state index < -0.39 is 6.10 Å². The third kappa shape index (κ3) is 5.64. The van der Waals surface area contributed by atoms with E-state index in [4.69, 9.17) is 4.74 Å². The number of ether oxygens (including phenoxy) is 1. The number of nitrogens with one attached hydrogen (secondary N) is 2. The summed E-state index contributed by atoms with van der Waals surface area (Å²) in [6.45, 7) is 4.24. The van der Waals surface area contributed by atoms with Crippen LogP contribution in [0.15, 0.2) is 48.5 Å². The molecule has 122 valence electrons. The van der Waals surface area contributed by atoms with E-state index in [9.17, 15) is 9.90 Å². The van der Waals surface area contributed by atoms with E-state index in [1.54, 1.807) is 0 Å². The number of benzene rings is 2. The topological polar surface area (TPSA) is 70.6 Å². The van der Waals surface area contributed by atoms with E-state index in [-0.39, 0.29) is 19.2 Å². The van der Waals surface area contributed by atoms with Crippen molar-refractivity contribution in [2.45, 2.75) is 20.0 Å². The first-order valence-electron chi connectivity index (χ1n) is 7.52. The van der Waals surface area contributed by atoms with Gasteiger partial charge in [-0.25, -0.2) is 4.79 Å². The summed E-state index contributed by atoms with van der Waals surface area (Å²) in [6, 6.07) is 14.6. The lowest BCUT2D eigenvalue weighted by atomic mass is 10.1. The van der Waals surface area contributed by atoms with Crippen LogP contribution < -0.4 is 15.4 Å². The van der Waals surface area contributed by atoms with Crippen LogP contribution in [-0.2, 0) is 0 Å². The molecule has 2 rings (SSSR count). The Hall–Kier alpha value is -2.53. The van der Waals surface area contributed by atoms with Crippen molar-refractivity contribution in [3.63, 3.8) is 0 Å². The number of carbonyl (C=O) groups excluding carboxylic acids is 1. The van der Waals surface area contributed by atoms with Crippen molar-refractivity contribution in [3.8, 4) is 5.75 Å². The van der Waals surface area contributed by atoms with Crippen molar-refractivity contribution < 1.29 is 14.6 Å². The quantitative estimate of drug-likeness (QED) is 0.768. The van der Waals surface area contributed by atoms with Crippen LogP contribution in [0.4, 0.5) is 10.5 Å². The van der Waals surface area contributed by atoms with Gasteiger partial charge in [-0.15, -0.1) is 0 Å². The summed E-state index contributed by atoms with van der Waals surface area (Å²) < 4.78 is 5.43. The van der Waals surface area contributed by atoms with Gasteiger partial charge in [0, 0.05) is 12.2 Å². The molecular formula is C18H22N2O3. The van der Waals surface area contributed by atoms with Gasteiger partial charge >= 0.3 is 6.03 Å². The summed E-state index contributed by atoms with van der Waals surface area (Å²) in [5.41, 5.74) is 3.00. The number of rotatable bonds is 6. The molecule has 23 heavy (non-hydrogen) atoms.